The zero-order chi connectivity index (χ0) is 25.2. The molecule has 0 saturated carbocycles. The Morgan fingerprint density at radius 1 is 0.943 bits per heavy atom. The number of nitrogens with two attached hydrogens (primary N) is 3. The second kappa shape index (κ2) is 12.2. The van der Waals surface area contributed by atoms with Crippen LogP contribution in [0.1, 0.15) is 39.9 Å². The Morgan fingerprint density at radius 2 is 1.63 bits per heavy atom. The lowest BCUT2D eigenvalue weighted by molar-refractivity contribution is -0.121. The van der Waals surface area contributed by atoms with Gasteiger partial charge >= 0.3 is 0 Å². The number of hydrogen-bond donors (Lipinski definition) is 4. The minimum Gasteiger partial charge on any atom is -0.398 e. The molecule has 0 fully saturated rings. The number of anilines is 1. The molecule has 0 aliphatic carbocycles. The molecule has 0 saturated heterocycles. The van der Waals surface area contributed by atoms with E-state index in [1.807, 2.05) is 42.5 Å². The van der Waals surface area contributed by atoms with E-state index in [0.717, 1.165) is 22.3 Å². The Hall–Kier alpha value is -4.39. The number of amides is 2. The second-order valence-electron chi connectivity index (χ2n) is 8.13. The van der Waals surface area contributed by atoms with E-state index in [-0.39, 0.29) is 11.7 Å². The maximum Gasteiger partial charge on any atom is 0.249 e. The lowest BCUT2D eigenvalue weighted by atomic mass is 9.99. The van der Waals surface area contributed by atoms with Crippen molar-refractivity contribution in [2.75, 3.05) is 18.8 Å². The van der Waals surface area contributed by atoms with E-state index in [0.29, 0.717) is 49.2 Å². The van der Waals surface area contributed by atoms with Gasteiger partial charge in [0.05, 0.1) is 0 Å². The molecule has 0 atom stereocenters. The van der Waals surface area contributed by atoms with Gasteiger partial charge < -0.3 is 22.5 Å². The number of aryl methyl sites for hydroxylation is 1. The van der Waals surface area contributed by atoms with Crippen LogP contribution in [0.3, 0.4) is 0 Å². The SMILES string of the molecule is C=Cc1cc(-c2ccc(CCC(=O)NCCCN=C(N)c3ccccc3C(N)=O)cc2)ccc1N. The third-order valence-electron chi connectivity index (χ3n) is 5.64. The fourth-order valence-electron chi connectivity index (χ4n) is 3.65. The number of carbonyl (C=O) groups is 2. The average molecular weight is 470 g/mol. The molecule has 7 N–H and O–H groups in total. The molecule has 0 aliphatic heterocycles. The standard InChI is InChI=1S/C28H31N5O2/c1-2-20-18-22(13-14-25(20)29)21-11-8-19(9-12-21)10-15-26(34)32-16-5-17-33-27(30)23-6-3-4-7-24(23)28(31)35/h2-4,6-9,11-14,18H,1,5,10,15-17,29H2,(H2,30,33)(H2,31,35)(H,32,34). The highest BCUT2D eigenvalue weighted by Crippen LogP contribution is 2.25. The highest BCUT2D eigenvalue weighted by atomic mass is 16.1. The van der Waals surface area contributed by atoms with Crippen molar-refractivity contribution < 1.29 is 9.59 Å². The molecule has 0 aliphatic rings. The second-order valence-corrected chi connectivity index (χ2v) is 8.13. The number of primary amides is 1. The van der Waals surface area contributed by atoms with Gasteiger partial charge in [-0.2, -0.15) is 0 Å². The summed E-state index contributed by atoms with van der Waals surface area (Å²) in [6, 6.07) is 20.9. The van der Waals surface area contributed by atoms with Crippen molar-refractivity contribution >= 4 is 29.4 Å². The normalized spacial score (nSPS) is 11.1. The minimum atomic E-state index is -0.548. The molecule has 2 amide bonds. The molecule has 0 aromatic heterocycles. The van der Waals surface area contributed by atoms with E-state index in [4.69, 9.17) is 17.2 Å². The summed E-state index contributed by atoms with van der Waals surface area (Å²) in [5.41, 5.74) is 23.0. The topological polar surface area (TPSA) is 137 Å². The smallest absolute Gasteiger partial charge is 0.249 e. The summed E-state index contributed by atoms with van der Waals surface area (Å²) in [7, 11) is 0. The van der Waals surface area contributed by atoms with Crippen LogP contribution in [0.25, 0.3) is 17.2 Å². The number of nitrogens with one attached hydrogen (secondary N) is 1. The molecular weight excluding hydrogens is 438 g/mol. The Labute approximate surface area is 205 Å². The van der Waals surface area contributed by atoms with E-state index < -0.39 is 5.91 Å². The number of benzene rings is 3. The molecule has 7 nitrogen and oxygen atoms in total. The van der Waals surface area contributed by atoms with Crippen LogP contribution in [0.15, 0.2) is 78.3 Å². The first-order valence-electron chi connectivity index (χ1n) is 11.5. The number of nitrogens with zero attached hydrogens (tertiary/aromatic N) is 1. The van der Waals surface area contributed by atoms with Crippen molar-refractivity contribution in [3.05, 3.63) is 95.6 Å². The maximum absolute atomic E-state index is 12.2. The van der Waals surface area contributed by atoms with Crippen LogP contribution in [0.2, 0.25) is 0 Å². The first-order valence-corrected chi connectivity index (χ1v) is 11.5. The summed E-state index contributed by atoms with van der Waals surface area (Å²) in [5, 5.41) is 2.91. The van der Waals surface area contributed by atoms with Gasteiger partial charge in [-0.05, 0) is 53.3 Å². The molecule has 3 rings (SSSR count). The lowest BCUT2D eigenvalue weighted by Gasteiger charge is -2.08. The predicted molar refractivity (Wildman–Crippen MR) is 143 cm³/mol. The molecule has 3 aromatic rings. The molecule has 3 aromatic carbocycles. The summed E-state index contributed by atoms with van der Waals surface area (Å²) in [5.74, 6) is -0.305. The van der Waals surface area contributed by atoms with Crippen LogP contribution in [0.5, 0.6) is 0 Å². The van der Waals surface area contributed by atoms with Gasteiger partial charge in [0.15, 0.2) is 0 Å². The predicted octanol–water partition coefficient (Wildman–Crippen LogP) is 3.52. The summed E-state index contributed by atoms with van der Waals surface area (Å²) < 4.78 is 0. The first kappa shape index (κ1) is 25.2. The highest BCUT2D eigenvalue weighted by Gasteiger charge is 2.10. The summed E-state index contributed by atoms with van der Waals surface area (Å²) in [6.07, 6.45) is 3.43. The van der Waals surface area contributed by atoms with Crippen LogP contribution in [-0.2, 0) is 11.2 Å². The average Bonchev–Trinajstić information content (AvgIpc) is 2.87. The van der Waals surface area contributed by atoms with Crippen LogP contribution in [0.4, 0.5) is 5.69 Å². The molecule has 0 radical (unpaired) electrons. The van der Waals surface area contributed by atoms with Crippen molar-refractivity contribution in [1.82, 2.24) is 5.32 Å². The molecular formula is C28H31N5O2. The van der Waals surface area contributed by atoms with Crippen LogP contribution in [-0.4, -0.2) is 30.7 Å². The minimum absolute atomic E-state index is 0.0146. The summed E-state index contributed by atoms with van der Waals surface area (Å²) in [4.78, 5) is 28.0. The van der Waals surface area contributed by atoms with Crippen LogP contribution in [0, 0.1) is 0 Å². The van der Waals surface area contributed by atoms with Gasteiger partial charge in [0.1, 0.15) is 5.84 Å². The molecule has 180 valence electrons. The van der Waals surface area contributed by atoms with E-state index in [1.54, 1.807) is 30.3 Å². The van der Waals surface area contributed by atoms with E-state index in [1.165, 1.54) is 0 Å². The highest BCUT2D eigenvalue weighted by molar-refractivity contribution is 6.08. The van der Waals surface area contributed by atoms with Gasteiger partial charge in [-0.25, -0.2) is 0 Å². The van der Waals surface area contributed by atoms with Crippen LogP contribution >= 0.6 is 0 Å². The van der Waals surface area contributed by atoms with Crippen molar-refractivity contribution in [2.45, 2.75) is 19.3 Å². The third kappa shape index (κ3) is 7.04. The zero-order valence-corrected chi connectivity index (χ0v) is 19.7. The largest absolute Gasteiger partial charge is 0.398 e. The Bertz CT molecular complexity index is 1230. The number of rotatable bonds is 11. The van der Waals surface area contributed by atoms with E-state index >= 15 is 0 Å². The van der Waals surface area contributed by atoms with E-state index in [9.17, 15) is 9.59 Å². The third-order valence-corrected chi connectivity index (χ3v) is 5.64. The van der Waals surface area contributed by atoms with Crippen LogP contribution < -0.4 is 22.5 Å². The number of carbonyl (C=O) groups excluding carboxylic acids is 2. The van der Waals surface area contributed by atoms with Gasteiger partial charge in [-0.15, -0.1) is 0 Å². The van der Waals surface area contributed by atoms with Crippen molar-refractivity contribution in [2.24, 2.45) is 16.5 Å². The summed E-state index contributed by atoms with van der Waals surface area (Å²) >= 11 is 0. The number of nitrogen functional groups attached to an aromatic ring is 1. The number of aliphatic imine (C=N–C) groups is 1. The van der Waals surface area contributed by atoms with Gasteiger partial charge in [0.2, 0.25) is 11.8 Å². The van der Waals surface area contributed by atoms with Gasteiger partial charge in [-0.1, -0.05) is 61.2 Å². The van der Waals surface area contributed by atoms with Crippen molar-refractivity contribution in [3.63, 3.8) is 0 Å². The van der Waals surface area contributed by atoms with Crippen molar-refractivity contribution in [1.29, 1.82) is 0 Å². The first-order chi connectivity index (χ1) is 16.9. The Kier molecular flexibility index (Phi) is 8.78. The molecule has 35 heavy (non-hydrogen) atoms. The summed E-state index contributed by atoms with van der Waals surface area (Å²) in [6.45, 7) is 4.72. The molecule has 0 bridgehead atoms. The molecule has 0 spiro atoms. The lowest BCUT2D eigenvalue weighted by Crippen LogP contribution is -2.25. The Morgan fingerprint density at radius 3 is 2.31 bits per heavy atom. The zero-order valence-electron chi connectivity index (χ0n) is 19.7. The molecule has 0 unspecified atom stereocenters. The molecule has 7 heteroatoms. The number of amidine groups is 1. The maximum atomic E-state index is 12.2. The van der Waals surface area contributed by atoms with E-state index in [2.05, 4.69) is 16.9 Å². The van der Waals surface area contributed by atoms with Gasteiger partial charge in [0, 0.05) is 36.3 Å². The van der Waals surface area contributed by atoms with Gasteiger partial charge in [-0.3, -0.25) is 14.6 Å². The monoisotopic (exact) mass is 469 g/mol. The fourth-order valence-corrected chi connectivity index (χ4v) is 3.65. The van der Waals surface area contributed by atoms with Gasteiger partial charge in [0.25, 0.3) is 0 Å². The quantitative estimate of drug-likeness (QED) is 0.148. The van der Waals surface area contributed by atoms with Crippen molar-refractivity contribution in [3.8, 4) is 11.1 Å². The number of hydrogen-bond acceptors (Lipinski definition) is 4. The fraction of sp³-hybridized carbons (Fsp3) is 0.179. The Balaban J connectivity index is 1.42. The molecule has 0 heterocycles.